The molecule has 3 heterocycles. The van der Waals surface area contributed by atoms with Crippen molar-refractivity contribution in [3.63, 3.8) is 0 Å². The molecule has 3 aliphatic rings. The van der Waals surface area contributed by atoms with E-state index in [-0.39, 0.29) is 24.7 Å². The van der Waals surface area contributed by atoms with E-state index >= 15 is 0 Å². The molecule has 0 aromatic heterocycles. The lowest BCUT2D eigenvalue weighted by molar-refractivity contribution is -0.136. The number of piperidine rings is 1. The third-order valence-corrected chi connectivity index (χ3v) is 8.51. The van der Waals surface area contributed by atoms with E-state index in [2.05, 4.69) is 21.4 Å². The monoisotopic (exact) mass is 566 g/mol. The van der Waals surface area contributed by atoms with E-state index in [1.54, 1.807) is 0 Å². The molecule has 0 bridgehead atoms. The predicted octanol–water partition coefficient (Wildman–Crippen LogP) is 4.03. The molecule has 3 saturated heterocycles. The van der Waals surface area contributed by atoms with E-state index in [9.17, 15) is 9.90 Å². The van der Waals surface area contributed by atoms with E-state index in [4.69, 9.17) is 39.5 Å². The summed E-state index contributed by atoms with van der Waals surface area (Å²) in [6.07, 6.45) is 4.40. The molecule has 0 aliphatic carbocycles. The smallest absolute Gasteiger partial charge is 0.260 e. The maximum absolute atomic E-state index is 12.6. The molecule has 0 unspecified atom stereocenters. The van der Waals surface area contributed by atoms with E-state index in [1.807, 2.05) is 16.8 Å². The minimum atomic E-state index is -0.128. The van der Waals surface area contributed by atoms with Gasteiger partial charge in [0, 0.05) is 57.1 Å². The van der Waals surface area contributed by atoms with E-state index in [0.717, 1.165) is 51.3 Å². The standard InChI is InChI=1S/C20H28Cl3N3O3S.C4H9N/c1-14-12-25(30-9-8-24-4-2-15(27)3-5-24)6-7-26(14)20(28)13-29-19-11-17(22)16(21)10-18(19)23;1-2-4-5-3-1/h10-11,14-15,27H,2-9,12-13H2,1H3;5H,1-4H2/t14-;/m0./s1. The summed E-state index contributed by atoms with van der Waals surface area (Å²) in [7, 11) is 0. The van der Waals surface area contributed by atoms with Crippen LogP contribution in [0.5, 0.6) is 5.75 Å². The Labute approximate surface area is 228 Å². The number of aliphatic hydroxyl groups excluding tert-OH is 1. The van der Waals surface area contributed by atoms with Crippen molar-refractivity contribution in [3.8, 4) is 5.75 Å². The van der Waals surface area contributed by atoms with Crippen LogP contribution in [-0.2, 0) is 4.79 Å². The fourth-order valence-electron chi connectivity index (χ4n) is 4.32. The van der Waals surface area contributed by atoms with Crippen LogP contribution in [-0.4, -0.2) is 102 Å². The van der Waals surface area contributed by atoms with Crippen LogP contribution in [0.4, 0.5) is 0 Å². The van der Waals surface area contributed by atoms with Gasteiger partial charge in [0.15, 0.2) is 6.61 Å². The number of amides is 1. The zero-order valence-electron chi connectivity index (χ0n) is 20.4. The lowest BCUT2D eigenvalue weighted by Crippen LogP contribution is -2.53. The summed E-state index contributed by atoms with van der Waals surface area (Å²) in [4.78, 5) is 16.9. The van der Waals surface area contributed by atoms with Gasteiger partial charge in [0.05, 0.1) is 21.2 Å². The molecule has 7 nitrogen and oxygen atoms in total. The van der Waals surface area contributed by atoms with Crippen LogP contribution in [0.3, 0.4) is 0 Å². The molecule has 35 heavy (non-hydrogen) atoms. The van der Waals surface area contributed by atoms with Crippen molar-refractivity contribution in [2.75, 3.05) is 64.7 Å². The molecule has 0 saturated carbocycles. The molecule has 1 aromatic rings. The number of benzene rings is 1. The molecule has 198 valence electrons. The average Bonchev–Trinajstić information content (AvgIpc) is 3.42. The number of carbonyl (C=O) groups excluding carboxylic acids is 1. The number of nitrogens with one attached hydrogen (secondary N) is 1. The highest BCUT2D eigenvalue weighted by molar-refractivity contribution is 7.97. The van der Waals surface area contributed by atoms with Crippen molar-refractivity contribution >= 4 is 52.7 Å². The van der Waals surface area contributed by atoms with Crippen LogP contribution < -0.4 is 10.1 Å². The molecule has 3 aliphatic heterocycles. The number of ether oxygens (including phenoxy) is 1. The number of hydrogen-bond donors (Lipinski definition) is 2. The SMILES string of the molecule is C1CCNC1.C[C@H]1CN(SCCN2CCC(O)CC2)CCN1C(=O)COc1cc(Cl)c(Cl)cc1Cl. The quantitative estimate of drug-likeness (QED) is 0.381. The first-order valence-electron chi connectivity index (χ1n) is 12.4. The molecule has 2 N–H and O–H groups in total. The van der Waals surface area contributed by atoms with Gasteiger partial charge in [-0.3, -0.25) is 4.79 Å². The fraction of sp³-hybridized carbons (Fsp3) is 0.708. The molecule has 1 atom stereocenters. The van der Waals surface area contributed by atoms with Gasteiger partial charge in [0.1, 0.15) is 5.75 Å². The summed E-state index contributed by atoms with van der Waals surface area (Å²) in [5.41, 5.74) is 0. The highest BCUT2D eigenvalue weighted by atomic mass is 35.5. The molecular formula is C24H37Cl3N4O3S. The van der Waals surface area contributed by atoms with E-state index in [1.165, 1.54) is 38.1 Å². The maximum Gasteiger partial charge on any atom is 0.260 e. The Balaban J connectivity index is 0.000000607. The number of nitrogens with zero attached hydrogens (tertiary/aromatic N) is 3. The second-order valence-corrected chi connectivity index (χ2v) is 11.6. The highest BCUT2D eigenvalue weighted by Crippen LogP contribution is 2.34. The Morgan fingerprint density at radius 1 is 1.09 bits per heavy atom. The van der Waals surface area contributed by atoms with E-state index < -0.39 is 0 Å². The predicted molar refractivity (Wildman–Crippen MR) is 146 cm³/mol. The molecule has 4 rings (SSSR count). The Kier molecular flexibility index (Phi) is 12.5. The number of rotatable bonds is 7. The summed E-state index contributed by atoms with van der Waals surface area (Å²) in [6.45, 7) is 9.77. The molecule has 11 heteroatoms. The van der Waals surface area contributed by atoms with Crippen molar-refractivity contribution in [1.29, 1.82) is 0 Å². The Morgan fingerprint density at radius 3 is 2.40 bits per heavy atom. The molecule has 1 aromatic carbocycles. The number of piperazine rings is 1. The fourth-order valence-corrected chi connectivity index (χ4v) is 6.04. The lowest BCUT2D eigenvalue weighted by atomic mass is 10.1. The molecule has 1 amide bonds. The van der Waals surface area contributed by atoms with Crippen LogP contribution >= 0.6 is 46.8 Å². The van der Waals surface area contributed by atoms with Gasteiger partial charge in [-0.15, -0.1) is 0 Å². The zero-order chi connectivity index (χ0) is 25.2. The summed E-state index contributed by atoms with van der Waals surface area (Å²) in [6, 6.07) is 3.15. The number of aliphatic hydroxyl groups is 1. The first kappa shape index (κ1) is 29.1. The van der Waals surface area contributed by atoms with Crippen molar-refractivity contribution in [1.82, 2.24) is 19.4 Å². The largest absolute Gasteiger partial charge is 0.482 e. The van der Waals surface area contributed by atoms with Crippen molar-refractivity contribution < 1.29 is 14.6 Å². The molecular weight excluding hydrogens is 531 g/mol. The van der Waals surface area contributed by atoms with Gasteiger partial charge in [-0.1, -0.05) is 46.8 Å². The second kappa shape index (κ2) is 15.1. The average molecular weight is 568 g/mol. The number of likely N-dealkylation sites (tertiary alicyclic amines) is 1. The summed E-state index contributed by atoms with van der Waals surface area (Å²) in [5.74, 6) is 1.31. The normalized spacial score (nSPS) is 22.1. The minimum Gasteiger partial charge on any atom is -0.482 e. The van der Waals surface area contributed by atoms with Gasteiger partial charge in [0.25, 0.3) is 5.91 Å². The summed E-state index contributed by atoms with van der Waals surface area (Å²) in [5, 5.41) is 13.8. The first-order valence-corrected chi connectivity index (χ1v) is 14.5. The van der Waals surface area contributed by atoms with Crippen LogP contribution in [0.1, 0.15) is 32.6 Å². The zero-order valence-corrected chi connectivity index (χ0v) is 23.4. The Hall–Kier alpha value is -0.450. The molecule has 0 radical (unpaired) electrons. The first-order chi connectivity index (χ1) is 16.8. The van der Waals surface area contributed by atoms with Gasteiger partial charge in [0.2, 0.25) is 0 Å². The van der Waals surface area contributed by atoms with Crippen LogP contribution in [0, 0.1) is 0 Å². The number of hydrogen-bond acceptors (Lipinski definition) is 7. The topological polar surface area (TPSA) is 68.3 Å². The van der Waals surface area contributed by atoms with E-state index in [0.29, 0.717) is 27.4 Å². The third kappa shape index (κ3) is 9.74. The second-order valence-electron chi connectivity index (χ2n) is 9.17. The number of carbonyl (C=O) groups is 1. The summed E-state index contributed by atoms with van der Waals surface area (Å²) >= 11 is 19.9. The molecule has 3 fully saturated rings. The third-order valence-electron chi connectivity index (χ3n) is 6.43. The van der Waals surface area contributed by atoms with Gasteiger partial charge in [-0.2, -0.15) is 0 Å². The van der Waals surface area contributed by atoms with Gasteiger partial charge in [-0.05, 0) is 51.8 Å². The maximum atomic E-state index is 12.6. The summed E-state index contributed by atoms with van der Waals surface area (Å²) < 4.78 is 7.93. The highest BCUT2D eigenvalue weighted by Gasteiger charge is 2.28. The van der Waals surface area contributed by atoms with Crippen molar-refractivity contribution in [2.24, 2.45) is 0 Å². The lowest BCUT2D eigenvalue weighted by Gasteiger charge is -2.39. The van der Waals surface area contributed by atoms with Crippen LogP contribution in [0.25, 0.3) is 0 Å². The van der Waals surface area contributed by atoms with Gasteiger partial charge in [-0.25, -0.2) is 4.31 Å². The van der Waals surface area contributed by atoms with Crippen LogP contribution in [0.15, 0.2) is 12.1 Å². The number of halogens is 3. The molecule has 0 spiro atoms. The van der Waals surface area contributed by atoms with Crippen molar-refractivity contribution in [2.45, 2.75) is 44.8 Å². The Bertz CT molecular complexity index is 803. The van der Waals surface area contributed by atoms with Crippen LogP contribution in [0.2, 0.25) is 15.1 Å². The van der Waals surface area contributed by atoms with Gasteiger partial charge < -0.3 is 25.0 Å². The van der Waals surface area contributed by atoms with Crippen molar-refractivity contribution in [3.05, 3.63) is 27.2 Å². The van der Waals surface area contributed by atoms with Gasteiger partial charge >= 0.3 is 0 Å². The minimum absolute atomic E-state index is 0.0684. The Morgan fingerprint density at radius 2 is 1.77 bits per heavy atom.